The molecule has 0 aliphatic carbocycles. The topological polar surface area (TPSA) is 83.6 Å². The van der Waals surface area contributed by atoms with Gasteiger partial charge in [-0.05, 0) is 28.1 Å². The molecule has 0 fully saturated rings. The number of halogens is 3. The predicted molar refractivity (Wildman–Crippen MR) is 78.7 cm³/mol. The molecule has 0 spiro atoms. The highest BCUT2D eigenvalue weighted by atomic mass is 79.9. The maximum atomic E-state index is 13.7. The van der Waals surface area contributed by atoms with E-state index in [1.165, 1.54) is 18.5 Å². The number of aromatic amines is 1. The minimum absolute atomic E-state index is 0.0558. The molecule has 0 aliphatic rings. The van der Waals surface area contributed by atoms with Gasteiger partial charge in [0.05, 0.1) is 11.9 Å². The number of amides is 1. The number of fused-ring (bicyclic) bond motifs is 1. The number of imidazole rings is 1. The molecule has 3 rings (SSSR count). The fraction of sp³-hybridized carbons (Fsp3) is 0. The lowest BCUT2D eigenvalue weighted by Crippen LogP contribution is -2.16. The number of rotatable bonds is 2. The number of anilines is 1. The van der Waals surface area contributed by atoms with Crippen LogP contribution in [0.25, 0.3) is 11.2 Å². The van der Waals surface area contributed by atoms with Crippen molar-refractivity contribution in [1.29, 1.82) is 0 Å². The van der Waals surface area contributed by atoms with Gasteiger partial charge in [-0.15, -0.1) is 0 Å². The van der Waals surface area contributed by atoms with Crippen LogP contribution in [-0.2, 0) is 0 Å². The van der Waals surface area contributed by atoms with Gasteiger partial charge in [0, 0.05) is 4.47 Å². The van der Waals surface area contributed by atoms with Gasteiger partial charge >= 0.3 is 0 Å². The SMILES string of the molecule is O=C(Nc1nc(Cl)c2[nH]cnc2n1)c1c(F)cccc1Br. The van der Waals surface area contributed by atoms with E-state index in [0.29, 0.717) is 15.6 Å². The van der Waals surface area contributed by atoms with Gasteiger partial charge in [-0.25, -0.2) is 9.37 Å². The number of hydrogen-bond acceptors (Lipinski definition) is 4. The Labute approximate surface area is 130 Å². The summed E-state index contributed by atoms with van der Waals surface area (Å²) in [6, 6.07) is 4.23. The van der Waals surface area contributed by atoms with E-state index in [-0.39, 0.29) is 16.7 Å². The molecule has 1 amide bonds. The van der Waals surface area contributed by atoms with Gasteiger partial charge in [0.25, 0.3) is 5.91 Å². The molecule has 1 aromatic carbocycles. The standard InChI is InChI=1S/C12H6BrClFN5O/c13-5-2-1-3-6(15)7(5)11(21)20-12-18-9(14)8-10(19-12)17-4-16-8/h1-4H,(H2,16,17,18,19,20,21). The van der Waals surface area contributed by atoms with E-state index in [1.807, 2.05) is 0 Å². The van der Waals surface area contributed by atoms with Crippen molar-refractivity contribution in [3.05, 3.63) is 45.5 Å². The minimum Gasteiger partial charge on any atom is -0.341 e. The second-order valence-electron chi connectivity index (χ2n) is 3.99. The van der Waals surface area contributed by atoms with Crippen LogP contribution >= 0.6 is 27.5 Å². The highest BCUT2D eigenvalue weighted by Crippen LogP contribution is 2.22. The summed E-state index contributed by atoms with van der Waals surface area (Å²) >= 11 is 9.06. The Bertz CT molecular complexity index is 833. The van der Waals surface area contributed by atoms with E-state index in [4.69, 9.17) is 11.6 Å². The lowest BCUT2D eigenvalue weighted by Gasteiger charge is -2.06. The maximum absolute atomic E-state index is 13.7. The number of carbonyl (C=O) groups is 1. The van der Waals surface area contributed by atoms with Crippen molar-refractivity contribution in [1.82, 2.24) is 19.9 Å². The van der Waals surface area contributed by atoms with Crippen LogP contribution in [0.5, 0.6) is 0 Å². The number of nitrogens with zero attached hydrogens (tertiary/aromatic N) is 3. The molecule has 0 saturated heterocycles. The normalized spacial score (nSPS) is 10.8. The van der Waals surface area contributed by atoms with Crippen LogP contribution in [0.4, 0.5) is 10.3 Å². The third-order valence-electron chi connectivity index (χ3n) is 2.66. The van der Waals surface area contributed by atoms with Crippen molar-refractivity contribution in [2.45, 2.75) is 0 Å². The van der Waals surface area contributed by atoms with Gasteiger partial charge < -0.3 is 4.98 Å². The molecule has 2 heterocycles. The van der Waals surface area contributed by atoms with Gasteiger partial charge in [-0.1, -0.05) is 17.7 Å². The Hall–Kier alpha value is -2.06. The quantitative estimate of drug-likeness (QED) is 0.679. The van der Waals surface area contributed by atoms with Crippen molar-refractivity contribution in [3.63, 3.8) is 0 Å². The largest absolute Gasteiger partial charge is 0.341 e. The van der Waals surface area contributed by atoms with Crippen LogP contribution in [0.15, 0.2) is 29.0 Å². The first-order valence-corrected chi connectivity index (χ1v) is 6.85. The molecule has 0 saturated carbocycles. The van der Waals surface area contributed by atoms with Crippen molar-refractivity contribution >= 4 is 50.6 Å². The Morgan fingerprint density at radius 1 is 1.38 bits per heavy atom. The molecule has 0 atom stereocenters. The number of H-pyrrole nitrogens is 1. The average molecular weight is 371 g/mol. The highest BCUT2D eigenvalue weighted by molar-refractivity contribution is 9.10. The monoisotopic (exact) mass is 369 g/mol. The van der Waals surface area contributed by atoms with Crippen molar-refractivity contribution in [2.75, 3.05) is 5.32 Å². The number of benzene rings is 1. The highest BCUT2D eigenvalue weighted by Gasteiger charge is 2.17. The van der Waals surface area contributed by atoms with Gasteiger partial charge in [0.1, 0.15) is 11.3 Å². The lowest BCUT2D eigenvalue weighted by atomic mass is 10.2. The molecule has 21 heavy (non-hydrogen) atoms. The summed E-state index contributed by atoms with van der Waals surface area (Å²) in [5.74, 6) is -1.40. The first-order chi connectivity index (χ1) is 10.1. The number of nitrogens with one attached hydrogen (secondary N) is 2. The first kappa shape index (κ1) is 13.9. The third kappa shape index (κ3) is 2.59. The summed E-state index contributed by atoms with van der Waals surface area (Å²) in [4.78, 5) is 26.7. The molecule has 2 aromatic heterocycles. The number of carbonyl (C=O) groups excluding carboxylic acids is 1. The van der Waals surface area contributed by atoms with Crippen LogP contribution < -0.4 is 5.32 Å². The minimum atomic E-state index is -0.689. The molecule has 6 nitrogen and oxygen atoms in total. The van der Waals surface area contributed by atoms with Gasteiger partial charge in [0.2, 0.25) is 5.95 Å². The molecular formula is C12H6BrClFN5O. The van der Waals surface area contributed by atoms with E-state index in [9.17, 15) is 9.18 Å². The summed E-state index contributed by atoms with van der Waals surface area (Å²) < 4.78 is 14.0. The summed E-state index contributed by atoms with van der Waals surface area (Å²) in [7, 11) is 0. The van der Waals surface area contributed by atoms with Gasteiger partial charge in [0.15, 0.2) is 10.8 Å². The van der Waals surface area contributed by atoms with E-state index in [2.05, 4.69) is 41.2 Å². The number of hydrogen-bond donors (Lipinski definition) is 2. The second kappa shape index (κ2) is 5.38. The molecule has 3 aromatic rings. The lowest BCUT2D eigenvalue weighted by molar-refractivity contribution is 0.102. The zero-order valence-corrected chi connectivity index (χ0v) is 12.5. The zero-order chi connectivity index (χ0) is 15.0. The van der Waals surface area contributed by atoms with E-state index < -0.39 is 11.7 Å². The fourth-order valence-electron chi connectivity index (χ4n) is 1.73. The smallest absolute Gasteiger partial charge is 0.262 e. The molecule has 0 bridgehead atoms. The van der Waals surface area contributed by atoms with Crippen molar-refractivity contribution < 1.29 is 9.18 Å². The molecule has 2 N–H and O–H groups in total. The van der Waals surface area contributed by atoms with E-state index >= 15 is 0 Å². The van der Waals surface area contributed by atoms with Crippen molar-refractivity contribution in [3.8, 4) is 0 Å². The van der Waals surface area contributed by atoms with Crippen LogP contribution in [0.1, 0.15) is 10.4 Å². The molecule has 0 aliphatic heterocycles. The Morgan fingerprint density at radius 2 is 2.19 bits per heavy atom. The van der Waals surface area contributed by atoms with Crippen LogP contribution in [-0.4, -0.2) is 25.8 Å². The van der Waals surface area contributed by atoms with Gasteiger partial charge in [-0.2, -0.15) is 9.97 Å². The molecule has 106 valence electrons. The van der Waals surface area contributed by atoms with Crippen molar-refractivity contribution in [2.24, 2.45) is 0 Å². The molecule has 0 unspecified atom stereocenters. The van der Waals surface area contributed by atoms with Crippen LogP contribution in [0.2, 0.25) is 5.15 Å². The van der Waals surface area contributed by atoms with Gasteiger partial charge in [-0.3, -0.25) is 10.1 Å². The Kier molecular flexibility index (Phi) is 3.56. The third-order valence-corrected chi connectivity index (χ3v) is 3.59. The van der Waals surface area contributed by atoms with Crippen LogP contribution in [0, 0.1) is 5.82 Å². The zero-order valence-electron chi connectivity index (χ0n) is 10.2. The Morgan fingerprint density at radius 3 is 2.95 bits per heavy atom. The Balaban J connectivity index is 1.96. The second-order valence-corrected chi connectivity index (χ2v) is 5.20. The predicted octanol–water partition coefficient (Wildman–Crippen LogP) is 3.16. The molecular weight excluding hydrogens is 365 g/mol. The summed E-state index contributed by atoms with van der Waals surface area (Å²) in [6.45, 7) is 0. The summed E-state index contributed by atoms with van der Waals surface area (Å²) in [5.41, 5.74) is 0.624. The van der Waals surface area contributed by atoms with E-state index in [1.54, 1.807) is 6.07 Å². The first-order valence-electron chi connectivity index (χ1n) is 5.68. The van der Waals surface area contributed by atoms with Crippen LogP contribution in [0.3, 0.4) is 0 Å². The molecule has 9 heteroatoms. The molecule has 0 radical (unpaired) electrons. The average Bonchev–Trinajstić information content (AvgIpc) is 2.87. The summed E-state index contributed by atoms with van der Waals surface area (Å²) in [5, 5.41) is 2.50. The fourth-order valence-corrected chi connectivity index (χ4v) is 2.47. The van der Waals surface area contributed by atoms with E-state index in [0.717, 1.165) is 0 Å². The summed E-state index contributed by atoms with van der Waals surface area (Å²) in [6.07, 6.45) is 1.41. The number of aromatic nitrogens is 4. The maximum Gasteiger partial charge on any atom is 0.262 e.